The first-order valence-corrected chi connectivity index (χ1v) is 11.9. The van der Waals surface area contributed by atoms with Gasteiger partial charge in [0.05, 0.1) is 35.3 Å². The van der Waals surface area contributed by atoms with E-state index >= 15 is 0 Å². The Labute approximate surface area is 186 Å². The van der Waals surface area contributed by atoms with Crippen LogP contribution in [0.5, 0.6) is 0 Å². The lowest BCUT2D eigenvalue weighted by Crippen LogP contribution is -2.38. The quantitative estimate of drug-likeness (QED) is 0.499. The zero-order chi connectivity index (χ0) is 22.4. The summed E-state index contributed by atoms with van der Waals surface area (Å²) in [7, 11) is -3.61. The van der Waals surface area contributed by atoms with Crippen molar-refractivity contribution >= 4 is 32.7 Å². The lowest BCUT2D eigenvalue weighted by atomic mass is 10.3. The maximum absolute atomic E-state index is 12.5. The van der Waals surface area contributed by atoms with Crippen LogP contribution in [0, 0.1) is 0 Å². The van der Waals surface area contributed by atoms with Gasteiger partial charge < -0.3 is 10.1 Å². The second-order valence-electron chi connectivity index (χ2n) is 7.43. The summed E-state index contributed by atoms with van der Waals surface area (Å²) in [4.78, 5) is 23.4. The fraction of sp³-hybridized carbons (Fsp3) is 0.318. The van der Waals surface area contributed by atoms with Gasteiger partial charge in [-0.25, -0.2) is 18.1 Å². The van der Waals surface area contributed by atoms with Crippen molar-refractivity contribution < 1.29 is 17.9 Å². The number of amides is 1. The molecule has 32 heavy (non-hydrogen) atoms. The number of benzene rings is 2. The third-order valence-corrected chi connectivity index (χ3v) is 6.63. The van der Waals surface area contributed by atoms with Crippen molar-refractivity contribution in [3.63, 3.8) is 0 Å². The molecule has 0 bridgehead atoms. The third kappa shape index (κ3) is 5.65. The molecule has 0 radical (unpaired) electrons. The van der Waals surface area contributed by atoms with Crippen molar-refractivity contribution in [1.29, 1.82) is 0 Å². The number of ether oxygens (including phenoxy) is 1. The van der Waals surface area contributed by atoms with Crippen molar-refractivity contribution in [2.45, 2.75) is 11.3 Å². The summed E-state index contributed by atoms with van der Waals surface area (Å²) in [6.45, 7) is 4.40. The number of nitrogens with zero attached hydrogens (tertiary/aromatic N) is 3. The number of nitrogens with one attached hydrogen (secondary N) is 2. The van der Waals surface area contributed by atoms with Crippen LogP contribution in [0.1, 0.15) is 16.9 Å². The molecule has 3 aromatic rings. The Kier molecular flexibility index (Phi) is 7.05. The number of para-hydroxylation sites is 2. The van der Waals surface area contributed by atoms with Gasteiger partial charge in [0.15, 0.2) is 0 Å². The average molecular weight is 456 g/mol. The molecule has 1 aromatic heterocycles. The summed E-state index contributed by atoms with van der Waals surface area (Å²) in [6, 6.07) is 13.3. The highest BCUT2D eigenvalue weighted by molar-refractivity contribution is 7.89. The maximum Gasteiger partial charge on any atom is 0.275 e. The Morgan fingerprint density at radius 1 is 1.03 bits per heavy atom. The minimum Gasteiger partial charge on any atom is -0.379 e. The number of hydrogen-bond donors (Lipinski definition) is 2. The van der Waals surface area contributed by atoms with Gasteiger partial charge in [-0.3, -0.25) is 14.7 Å². The van der Waals surface area contributed by atoms with Crippen LogP contribution in [0.3, 0.4) is 0 Å². The van der Waals surface area contributed by atoms with E-state index in [-0.39, 0.29) is 10.6 Å². The van der Waals surface area contributed by atoms with Crippen molar-refractivity contribution in [1.82, 2.24) is 19.6 Å². The van der Waals surface area contributed by atoms with Crippen LogP contribution in [-0.4, -0.2) is 68.6 Å². The molecule has 1 aliphatic rings. The van der Waals surface area contributed by atoms with Gasteiger partial charge >= 0.3 is 0 Å². The highest BCUT2D eigenvalue weighted by Crippen LogP contribution is 2.15. The monoisotopic (exact) mass is 455 g/mol. The summed E-state index contributed by atoms with van der Waals surface area (Å²) in [5.74, 6) is -0.417. The second-order valence-corrected chi connectivity index (χ2v) is 9.19. The van der Waals surface area contributed by atoms with Gasteiger partial charge in [0.1, 0.15) is 5.69 Å². The van der Waals surface area contributed by atoms with Crippen LogP contribution in [-0.2, 0) is 14.8 Å². The Morgan fingerprint density at radius 3 is 2.50 bits per heavy atom. The van der Waals surface area contributed by atoms with E-state index in [9.17, 15) is 13.2 Å². The Morgan fingerprint density at radius 2 is 1.75 bits per heavy atom. The molecular formula is C22H25N5O4S. The molecule has 10 heteroatoms. The van der Waals surface area contributed by atoms with E-state index in [0.29, 0.717) is 23.3 Å². The van der Waals surface area contributed by atoms with Crippen LogP contribution >= 0.6 is 0 Å². The fourth-order valence-electron chi connectivity index (χ4n) is 3.40. The van der Waals surface area contributed by atoms with Gasteiger partial charge in [-0.2, -0.15) is 0 Å². The van der Waals surface area contributed by atoms with E-state index in [1.165, 1.54) is 18.3 Å². The Bertz CT molecular complexity index is 1180. The molecule has 0 saturated carbocycles. The zero-order valence-corrected chi connectivity index (χ0v) is 18.3. The van der Waals surface area contributed by atoms with Crippen LogP contribution in [0.25, 0.3) is 11.0 Å². The first-order valence-electron chi connectivity index (χ1n) is 10.4. The van der Waals surface area contributed by atoms with E-state index < -0.39 is 15.9 Å². The standard InChI is InChI=1S/C22H25N5O4S/c28-22(21-16-23-19-4-1-2-5-20(19)26-21)25-17-6-8-18(9-7-17)32(29,30)24-10-3-11-27-12-14-31-15-13-27/h1-2,4-9,16,24H,3,10-15H2,(H,25,28). The average Bonchev–Trinajstić information content (AvgIpc) is 2.82. The number of carbonyl (C=O) groups is 1. The molecule has 1 amide bonds. The first kappa shape index (κ1) is 22.3. The molecule has 168 valence electrons. The second kappa shape index (κ2) is 10.1. The predicted octanol–water partition coefficient (Wildman–Crippen LogP) is 1.88. The zero-order valence-electron chi connectivity index (χ0n) is 17.5. The topological polar surface area (TPSA) is 114 Å². The SMILES string of the molecule is O=C(Nc1ccc(S(=O)(=O)NCCCN2CCOCC2)cc1)c1cnc2ccccc2n1. The van der Waals surface area contributed by atoms with E-state index in [1.807, 2.05) is 18.2 Å². The molecule has 2 aromatic carbocycles. The number of rotatable bonds is 8. The summed E-state index contributed by atoms with van der Waals surface area (Å²) in [6.07, 6.45) is 2.14. The van der Waals surface area contributed by atoms with Crippen LogP contribution in [0.2, 0.25) is 0 Å². The summed E-state index contributed by atoms with van der Waals surface area (Å²) < 4.78 is 33.0. The van der Waals surface area contributed by atoms with Gasteiger partial charge in [-0.15, -0.1) is 0 Å². The number of aromatic nitrogens is 2. The van der Waals surface area contributed by atoms with E-state index in [2.05, 4.69) is 24.9 Å². The lowest BCUT2D eigenvalue weighted by Gasteiger charge is -2.26. The van der Waals surface area contributed by atoms with Crippen molar-refractivity contribution in [2.75, 3.05) is 44.7 Å². The number of morpholine rings is 1. The molecule has 9 nitrogen and oxygen atoms in total. The first-order chi connectivity index (χ1) is 15.5. The molecule has 0 atom stereocenters. The van der Waals surface area contributed by atoms with Gasteiger partial charge in [0, 0.05) is 25.3 Å². The van der Waals surface area contributed by atoms with Crippen molar-refractivity contribution in [3.8, 4) is 0 Å². The summed E-state index contributed by atoms with van der Waals surface area (Å²) >= 11 is 0. The number of hydrogen-bond acceptors (Lipinski definition) is 7. The number of sulfonamides is 1. The highest BCUT2D eigenvalue weighted by Gasteiger charge is 2.15. The van der Waals surface area contributed by atoms with E-state index in [1.54, 1.807) is 18.2 Å². The maximum atomic E-state index is 12.5. The van der Waals surface area contributed by atoms with Gasteiger partial charge in [0.2, 0.25) is 10.0 Å². The largest absolute Gasteiger partial charge is 0.379 e. The lowest BCUT2D eigenvalue weighted by molar-refractivity contribution is 0.0376. The molecule has 0 unspecified atom stereocenters. The number of fused-ring (bicyclic) bond motifs is 1. The van der Waals surface area contributed by atoms with Crippen LogP contribution in [0.15, 0.2) is 59.6 Å². The minimum absolute atomic E-state index is 0.146. The molecule has 2 N–H and O–H groups in total. The number of anilines is 1. The summed E-state index contributed by atoms with van der Waals surface area (Å²) in [5, 5.41) is 2.72. The molecule has 1 fully saturated rings. The van der Waals surface area contributed by atoms with Gasteiger partial charge in [-0.05, 0) is 49.4 Å². The van der Waals surface area contributed by atoms with Crippen LogP contribution in [0.4, 0.5) is 5.69 Å². The molecule has 0 aliphatic carbocycles. The molecule has 1 saturated heterocycles. The normalized spacial score (nSPS) is 15.0. The number of carbonyl (C=O) groups excluding carboxylic acids is 1. The molecule has 2 heterocycles. The Hall–Kier alpha value is -2.92. The molecule has 4 rings (SSSR count). The third-order valence-electron chi connectivity index (χ3n) is 5.15. The molecular weight excluding hydrogens is 430 g/mol. The smallest absolute Gasteiger partial charge is 0.275 e. The van der Waals surface area contributed by atoms with Gasteiger partial charge in [-0.1, -0.05) is 12.1 Å². The van der Waals surface area contributed by atoms with E-state index in [0.717, 1.165) is 39.3 Å². The predicted molar refractivity (Wildman–Crippen MR) is 121 cm³/mol. The van der Waals surface area contributed by atoms with Crippen LogP contribution < -0.4 is 10.0 Å². The van der Waals surface area contributed by atoms with E-state index in [4.69, 9.17) is 4.74 Å². The highest BCUT2D eigenvalue weighted by atomic mass is 32.2. The minimum atomic E-state index is -3.61. The molecule has 1 aliphatic heterocycles. The fourth-order valence-corrected chi connectivity index (χ4v) is 4.47. The van der Waals surface area contributed by atoms with Gasteiger partial charge in [0.25, 0.3) is 5.91 Å². The van der Waals surface area contributed by atoms with Crippen molar-refractivity contribution in [2.24, 2.45) is 0 Å². The molecule has 0 spiro atoms. The summed E-state index contributed by atoms with van der Waals surface area (Å²) in [5.41, 5.74) is 1.98. The Balaban J connectivity index is 1.31. The van der Waals surface area contributed by atoms with Crippen molar-refractivity contribution in [3.05, 3.63) is 60.4 Å².